The minimum atomic E-state index is -0.909. The summed E-state index contributed by atoms with van der Waals surface area (Å²) in [7, 11) is 0. The molecule has 0 rings (SSSR count). The molecule has 0 radical (unpaired) electrons. The molecule has 0 bridgehead atoms. The smallest absolute Gasteiger partial charge is 0.0739 e. The second-order valence-electron chi connectivity index (χ2n) is 14.6. The van der Waals surface area contributed by atoms with E-state index in [1.807, 2.05) is 0 Å². The molecule has 0 aliphatic carbocycles. The van der Waals surface area contributed by atoms with Crippen molar-refractivity contribution in [3.05, 3.63) is 0 Å². The fourth-order valence-electron chi connectivity index (χ4n) is 5.78. The van der Waals surface area contributed by atoms with Crippen LogP contribution in [-0.4, -0.2) is 25.0 Å². The maximum atomic E-state index is 10.1. The third kappa shape index (κ3) is 72.5. The highest BCUT2D eigenvalue weighted by Gasteiger charge is 1.94. The van der Waals surface area contributed by atoms with E-state index in [1.165, 1.54) is 193 Å². The predicted octanol–water partition coefficient (Wildman–Crippen LogP) is 10.1. The first-order valence-electron chi connectivity index (χ1n) is 22.4. The van der Waals surface area contributed by atoms with Gasteiger partial charge in [-0.2, -0.15) is 0 Å². The van der Waals surface area contributed by atoms with E-state index in [0.29, 0.717) is 0 Å². The van der Waals surface area contributed by atoms with Crippen LogP contribution in [-0.2, 0) is 9.59 Å². The first-order valence-corrected chi connectivity index (χ1v) is 22.4. The number of carbonyl (C=O) groups is 2. The zero-order valence-electron chi connectivity index (χ0n) is 34.9. The van der Waals surface area contributed by atoms with Crippen LogP contribution in [0.3, 0.4) is 0 Å². The molecule has 0 saturated carbocycles. The third-order valence-electron chi connectivity index (χ3n) is 9.18. The van der Waals surface area contributed by atoms with Gasteiger partial charge in [-0.3, -0.25) is 0 Å². The molecule has 0 atom stereocenters. The number of unbranched alkanes of at least 4 members (excludes halogenated alkanes) is 30. The highest BCUT2D eigenvalue weighted by atomic mass is 16.4. The summed E-state index contributed by atoms with van der Waals surface area (Å²) in [6.45, 7) is 11.2. The molecule has 0 amide bonds. The van der Waals surface area contributed by atoms with Gasteiger partial charge in [-0.25, -0.2) is 0 Å². The quantitative estimate of drug-likeness (QED) is 0.0624. The summed E-state index contributed by atoms with van der Waals surface area (Å²) >= 11 is 0. The van der Waals surface area contributed by atoms with E-state index >= 15 is 0 Å². The van der Waals surface area contributed by atoms with Gasteiger partial charge < -0.3 is 31.3 Å². The van der Waals surface area contributed by atoms with Crippen molar-refractivity contribution in [3.63, 3.8) is 0 Å². The number of hydrogen-bond donors (Lipinski definition) is 2. The van der Waals surface area contributed by atoms with Crippen molar-refractivity contribution in [1.29, 1.82) is 0 Å². The van der Waals surface area contributed by atoms with Gasteiger partial charge in [0.1, 0.15) is 0 Å². The highest BCUT2D eigenvalue weighted by Crippen LogP contribution is 2.12. The van der Waals surface area contributed by atoms with Crippen molar-refractivity contribution >= 4 is 11.9 Å². The van der Waals surface area contributed by atoms with Gasteiger partial charge in [0.05, 0.1) is 13.1 Å². The Morgan fingerprint density at radius 1 is 0.300 bits per heavy atom. The molecular weight excluding hydrogens is 620 g/mol. The van der Waals surface area contributed by atoms with Gasteiger partial charge in [0.25, 0.3) is 0 Å². The zero-order chi connectivity index (χ0) is 38.0. The molecule has 0 saturated heterocycles. The average molecular weight is 715 g/mol. The first-order chi connectivity index (χ1) is 24.4. The second kappa shape index (κ2) is 57.2. The largest absolute Gasteiger partial charge is 0.550 e. The van der Waals surface area contributed by atoms with Gasteiger partial charge in [-0.15, -0.1) is 0 Å². The monoisotopic (exact) mass is 715 g/mol. The maximum absolute atomic E-state index is 10.1. The van der Waals surface area contributed by atoms with Gasteiger partial charge >= 0.3 is 0 Å². The molecule has 6 heteroatoms. The number of quaternary nitrogens is 2. The van der Waals surface area contributed by atoms with Crippen LogP contribution in [0, 0.1) is 0 Å². The molecule has 0 aliphatic heterocycles. The third-order valence-corrected chi connectivity index (χ3v) is 9.18. The number of hydrogen-bond acceptors (Lipinski definition) is 4. The molecule has 0 aromatic heterocycles. The van der Waals surface area contributed by atoms with E-state index in [2.05, 4.69) is 39.2 Å². The minimum Gasteiger partial charge on any atom is -0.550 e. The normalized spacial score (nSPS) is 10.4. The lowest BCUT2D eigenvalue weighted by molar-refractivity contribution is -0.368. The molecule has 6 N–H and O–H groups in total. The van der Waals surface area contributed by atoms with Crippen LogP contribution in [0.4, 0.5) is 0 Å². The Balaban J connectivity index is -0.000000284. The van der Waals surface area contributed by atoms with Crippen molar-refractivity contribution in [2.75, 3.05) is 13.1 Å². The molecule has 0 spiro atoms. The molecule has 50 heavy (non-hydrogen) atoms. The first kappa shape index (κ1) is 55.6. The Kier molecular flexibility index (Phi) is 63.6. The van der Waals surface area contributed by atoms with Gasteiger partial charge in [0.15, 0.2) is 0 Å². The lowest BCUT2D eigenvalue weighted by Crippen LogP contribution is -2.50. The van der Waals surface area contributed by atoms with Crippen LogP contribution in [0.2, 0.25) is 0 Å². The molecule has 0 fully saturated rings. The molecular formula is C44H94N2O4. The van der Waals surface area contributed by atoms with Crippen molar-refractivity contribution in [1.82, 2.24) is 0 Å². The molecule has 0 aromatic carbocycles. The van der Waals surface area contributed by atoms with Crippen molar-refractivity contribution in [3.8, 4) is 0 Å². The summed E-state index contributed by atoms with van der Waals surface area (Å²) in [5.41, 5.74) is 7.67. The van der Waals surface area contributed by atoms with Crippen molar-refractivity contribution in [2.24, 2.45) is 0 Å². The number of carbonyl (C=O) groups excluding carboxylic acids is 2. The SMILES string of the molecule is CCCCCCCCCCCC(=O)[O-].CCCCCCCCCCCC(=O)[O-].CCCCCCCCCC[NH3+].CCCCCCCCCC[NH3+]. The molecule has 0 heterocycles. The summed E-state index contributed by atoms with van der Waals surface area (Å²) in [4.78, 5) is 20.2. The number of rotatable bonds is 36. The standard InChI is InChI=1S/2C12H24O2.2C10H23N/c2*1-2-3-4-5-6-7-8-9-10-11-12(13)14;2*1-2-3-4-5-6-7-8-9-10-11/h2*2-11H2,1H3,(H,13,14);2*2-11H2,1H3. The molecule has 0 aliphatic rings. The van der Waals surface area contributed by atoms with Crippen LogP contribution in [0.1, 0.15) is 259 Å². The summed E-state index contributed by atoms with van der Waals surface area (Å²) in [6, 6.07) is 0. The van der Waals surface area contributed by atoms with E-state index in [1.54, 1.807) is 0 Å². The number of carboxylic acids is 2. The summed E-state index contributed by atoms with van der Waals surface area (Å²) in [6.07, 6.45) is 44.9. The van der Waals surface area contributed by atoms with E-state index in [-0.39, 0.29) is 12.8 Å². The summed E-state index contributed by atoms with van der Waals surface area (Å²) < 4.78 is 0. The van der Waals surface area contributed by atoms with E-state index in [0.717, 1.165) is 38.8 Å². The van der Waals surface area contributed by atoms with Crippen LogP contribution in [0.25, 0.3) is 0 Å². The van der Waals surface area contributed by atoms with Crippen LogP contribution in [0.5, 0.6) is 0 Å². The Morgan fingerprint density at radius 2 is 0.460 bits per heavy atom. The fraction of sp³-hybridized carbons (Fsp3) is 0.955. The molecule has 304 valence electrons. The maximum Gasteiger partial charge on any atom is 0.0739 e. The number of carboxylic acid groups (broad SMARTS) is 2. The average Bonchev–Trinajstić information content (AvgIpc) is 3.10. The lowest BCUT2D eigenvalue weighted by atomic mass is 10.1. The van der Waals surface area contributed by atoms with Gasteiger partial charge in [0, 0.05) is 11.9 Å². The molecule has 6 nitrogen and oxygen atoms in total. The van der Waals surface area contributed by atoms with E-state index < -0.39 is 11.9 Å². The Bertz CT molecular complexity index is 522. The predicted molar refractivity (Wildman–Crippen MR) is 214 cm³/mol. The highest BCUT2D eigenvalue weighted by molar-refractivity contribution is 5.64. The Labute approximate surface area is 314 Å². The fourth-order valence-corrected chi connectivity index (χ4v) is 5.78. The van der Waals surface area contributed by atoms with Crippen LogP contribution >= 0.6 is 0 Å². The number of aliphatic carboxylic acids is 2. The van der Waals surface area contributed by atoms with Crippen LogP contribution < -0.4 is 21.7 Å². The molecule has 0 aromatic rings. The van der Waals surface area contributed by atoms with Gasteiger partial charge in [-0.05, 0) is 51.4 Å². The van der Waals surface area contributed by atoms with Crippen LogP contribution in [0.15, 0.2) is 0 Å². The Hall–Kier alpha value is -1.14. The van der Waals surface area contributed by atoms with Crippen molar-refractivity contribution in [2.45, 2.75) is 259 Å². The second-order valence-corrected chi connectivity index (χ2v) is 14.6. The van der Waals surface area contributed by atoms with E-state index in [4.69, 9.17) is 0 Å². The summed E-state index contributed by atoms with van der Waals surface area (Å²) in [5.74, 6) is -1.82. The summed E-state index contributed by atoms with van der Waals surface area (Å²) in [5, 5.41) is 20.2. The zero-order valence-corrected chi connectivity index (χ0v) is 34.9. The topological polar surface area (TPSA) is 136 Å². The van der Waals surface area contributed by atoms with Gasteiger partial charge in [0.2, 0.25) is 0 Å². The Morgan fingerprint density at radius 3 is 0.620 bits per heavy atom. The van der Waals surface area contributed by atoms with E-state index in [9.17, 15) is 19.8 Å². The van der Waals surface area contributed by atoms with Gasteiger partial charge in [-0.1, -0.05) is 207 Å². The van der Waals surface area contributed by atoms with Crippen molar-refractivity contribution < 1.29 is 31.3 Å². The molecule has 0 unspecified atom stereocenters. The minimum absolute atomic E-state index is 0.232. The lowest BCUT2D eigenvalue weighted by Gasteiger charge is -2.02.